The van der Waals surface area contributed by atoms with Crippen LogP contribution in [0.15, 0.2) is 48.5 Å². The minimum absolute atomic E-state index is 0.000391. The lowest BCUT2D eigenvalue weighted by Crippen LogP contribution is -2.46. The predicted molar refractivity (Wildman–Crippen MR) is 118 cm³/mol. The quantitative estimate of drug-likeness (QED) is 0.627. The summed E-state index contributed by atoms with van der Waals surface area (Å²) in [5, 5.41) is 2.93. The summed E-state index contributed by atoms with van der Waals surface area (Å²) in [7, 11) is 1.57. The van der Waals surface area contributed by atoms with E-state index >= 15 is 0 Å². The molecular formula is C24H29N3O4. The van der Waals surface area contributed by atoms with Crippen molar-refractivity contribution in [3.63, 3.8) is 0 Å². The second-order valence-electron chi connectivity index (χ2n) is 7.78. The monoisotopic (exact) mass is 423 g/mol. The highest BCUT2D eigenvalue weighted by molar-refractivity contribution is 6.05. The molecule has 0 radical (unpaired) electrons. The zero-order valence-corrected chi connectivity index (χ0v) is 18.3. The Balaban J connectivity index is 1.71. The van der Waals surface area contributed by atoms with Crippen molar-refractivity contribution < 1.29 is 19.1 Å². The minimum atomic E-state index is -0.671. The topological polar surface area (TPSA) is 79.0 Å². The first-order chi connectivity index (χ1) is 14.9. The van der Waals surface area contributed by atoms with Gasteiger partial charge < -0.3 is 10.1 Å². The third-order valence-electron chi connectivity index (χ3n) is 5.65. The number of aryl methyl sites for hydroxylation is 1. The Morgan fingerprint density at radius 1 is 1.13 bits per heavy atom. The first-order valence-corrected chi connectivity index (χ1v) is 10.4. The summed E-state index contributed by atoms with van der Waals surface area (Å²) in [5.41, 5.74) is 3.72. The molecule has 1 N–H and O–H groups in total. The molecule has 1 aliphatic rings. The average molecular weight is 424 g/mol. The van der Waals surface area contributed by atoms with Crippen LogP contribution in [0.4, 0.5) is 5.69 Å². The Kier molecular flexibility index (Phi) is 7.55. The van der Waals surface area contributed by atoms with E-state index < -0.39 is 6.04 Å². The van der Waals surface area contributed by atoms with E-state index in [1.807, 2.05) is 62.4 Å². The highest BCUT2D eigenvalue weighted by atomic mass is 16.5. The van der Waals surface area contributed by atoms with Crippen molar-refractivity contribution in [3.05, 3.63) is 65.2 Å². The average Bonchev–Trinajstić information content (AvgIpc) is 3.03. The number of nitrogens with one attached hydrogen (secondary N) is 1. The van der Waals surface area contributed by atoms with E-state index in [4.69, 9.17) is 4.74 Å². The van der Waals surface area contributed by atoms with Gasteiger partial charge in [0.05, 0.1) is 32.2 Å². The fraction of sp³-hybridized carbons (Fsp3) is 0.375. The number of anilines is 1. The number of methoxy groups -OCH3 is 1. The van der Waals surface area contributed by atoms with Crippen LogP contribution in [0.3, 0.4) is 0 Å². The van der Waals surface area contributed by atoms with Crippen LogP contribution in [-0.2, 0) is 25.7 Å². The number of rotatable bonds is 9. The molecule has 1 heterocycles. The van der Waals surface area contributed by atoms with Gasteiger partial charge in [0.2, 0.25) is 17.7 Å². The molecule has 1 atom stereocenters. The Morgan fingerprint density at radius 2 is 1.87 bits per heavy atom. The van der Waals surface area contributed by atoms with Gasteiger partial charge in [-0.25, -0.2) is 0 Å². The Labute approximate surface area is 183 Å². The molecule has 0 aromatic heterocycles. The predicted octanol–water partition coefficient (Wildman–Crippen LogP) is 2.52. The Bertz CT molecular complexity index is 945. The number of imide groups is 1. The first kappa shape index (κ1) is 22.7. The largest absolute Gasteiger partial charge is 0.383 e. The van der Waals surface area contributed by atoms with Crippen molar-refractivity contribution in [2.24, 2.45) is 0 Å². The van der Waals surface area contributed by atoms with Crippen LogP contribution < -0.4 is 5.32 Å². The number of benzene rings is 2. The van der Waals surface area contributed by atoms with Crippen LogP contribution in [-0.4, -0.2) is 60.4 Å². The van der Waals surface area contributed by atoms with Gasteiger partial charge in [-0.05, 0) is 36.6 Å². The zero-order chi connectivity index (χ0) is 22.4. The smallest absolute Gasteiger partial charge is 0.247 e. The molecule has 0 unspecified atom stereocenters. The van der Waals surface area contributed by atoms with Gasteiger partial charge in [-0.3, -0.25) is 24.2 Å². The second kappa shape index (κ2) is 10.3. The molecular weight excluding hydrogens is 394 g/mol. The van der Waals surface area contributed by atoms with Crippen molar-refractivity contribution in [2.45, 2.75) is 32.9 Å². The highest BCUT2D eigenvalue weighted by Crippen LogP contribution is 2.22. The van der Waals surface area contributed by atoms with Crippen LogP contribution in [0.1, 0.15) is 23.1 Å². The summed E-state index contributed by atoms with van der Waals surface area (Å²) >= 11 is 0. The van der Waals surface area contributed by atoms with Gasteiger partial charge in [0.1, 0.15) is 0 Å². The van der Waals surface area contributed by atoms with Gasteiger partial charge in [0, 0.05) is 19.3 Å². The summed E-state index contributed by atoms with van der Waals surface area (Å²) in [6, 6.07) is 14.5. The summed E-state index contributed by atoms with van der Waals surface area (Å²) in [6.07, 6.45) is 0.0616. The highest BCUT2D eigenvalue weighted by Gasteiger charge is 2.42. The van der Waals surface area contributed by atoms with E-state index in [0.29, 0.717) is 13.2 Å². The van der Waals surface area contributed by atoms with Crippen molar-refractivity contribution >= 4 is 23.4 Å². The second-order valence-corrected chi connectivity index (χ2v) is 7.78. The van der Waals surface area contributed by atoms with Crippen LogP contribution in [0.5, 0.6) is 0 Å². The van der Waals surface area contributed by atoms with E-state index in [2.05, 4.69) is 5.32 Å². The first-order valence-electron chi connectivity index (χ1n) is 10.4. The molecule has 164 valence electrons. The normalized spacial score (nSPS) is 16.3. The van der Waals surface area contributed by atoms with E-state index in [-0.39, 0.29) is 37.2 Å². The third-order valence-corrected chi connectivity index (χ3v) is 5.65. The van der Waals surface area contributed by atoms with Gasteiger partial charge in [-0.15, -0.1) is 0 Å². The van der Waals surface area contributed by atoms with Crippen molar-refractivity contribution in [2.75, 3.05) is 32.1 Å². The maximum absolute atomic E-state index is 13.1. The number of ether oxygens (including phenoxy) is 1. The van der Waals surface area contributed by atoms with Crippen molar-refractivity contribution in [3.8, 4) is 0 Å². The maximum atomic E-state index is 13.1. The van der Waals surface area contributed by atoms with Crippen LogP contribution in [0.25, 0.3) is 0 Å². The van der Waals surface area contributed by atoms with Crippen LogP contribution in [0, 0.1) is 13.8 Å². The van der Waals surface area contributed by atoms with Crippen molar-refractivity contribution in [1.82, 2.24) is 9.80 Å². The molecule has 7 nitrogen and oxygen atoms in total. The Morgan fingerprint density at radius 3 is 2.58 bits per heavy atom. The molecule has 2 aromatic carbocycles. The van der Waals surface area contributed by atoms with Crippen LogP contribution in [0.2, 0.25) is 0 Å². The molecule has 3 amide bonds. The molecule has 0 saturated carbocycles. The number of carbonyl (C=O) groups is 3. The fourth-order valence-electron chi connectivity index (χ4n) is 3.70. The summed E-state index contributed by atoms with van der Waals surface area (Å²) in [4.78, 5) is 41.4. The van der Waals surface area contributed by atoms with Gasteiger partial charge >= 0.3 is 0 Å². The van der Waals surface area contributed by atoms with Crippen molar-refractivity contribution in [1.29, 1.82) is 0 Å². The SMILES string of the molecule is COCCN(CC(=O)Nc1cccc(C)c1C)[C@H]1CC(=O)N(Cc2ccccc2)C1=O. The Hall–Kier alpha value is -3.03. The molecule has 3 rings (SSSR count). The number of hydrogen-bond donors (Lipinski definition) is 1. The lowest BCUT2D eigenvalue weighted by molar-refractivity contribution is -0.140. The van der Waals surface area contributed by atoms with Crippen LogP contribution >= 0.6 is 0 Å². The number of carbonyl (C=O) groups excluding carboxylic acids is 3. The lowest BCUT2D eigenvalue weighted by Gasteiger charge is -2.26. The van der Waals surface area contributed by atoms with Gasteiger partial charge in [-0.1, -0.05) is 42.5 Å². The standard InChI is InChI=1S/C24H29N3O4/c1-17-8-7-11-20(18(17)2)25-22(28)16-26(12-13-31-3)21-14-23(29)27(24(21)30)15-19-9-5-4-6-10-19/h4-11,21H,12-16H2,1-3H3,(H,25,28)/t21-/m0/s1. The van der Waals surface area contributed by atoms with E-state index in [1.165, 1.54) is 4.90 Å². The number of amides is 3. The summed E-state index contributed by atoms with van der Waals surface area (Å²) in [6.45, 7) is 4.91. The molecule has 0 aliphatic carbocycles. The van der Waals surface area contributed by atoms with Gasteiger partial charge in [0.25, 0.3) is 0 Å². The molecule has 1 saturated heterocycles. The zero-order valence-electron chi connectivity index (χ0n) is 18.3. The fourth-order valence-corrected chi connectivity index (χ4v) is 3.70. The number of nitrogens with zero attached hydrogens (tertiary/aromatic N) is 2. The summed E-state index contributed by atoms with van der Waals surface area (Å²) in [5.74, 6) is -0.729. The molecule has 7 heteroatoms. The van der Waals surface area contributed by atoms with E-state index in [0.717, 1.165) is 22.4 Å². The van der Waals surface area contributed by atoms with Gasteiger partial charge in [0.15, 0.2) is 0 Å². The molecule has 1 fully saturated rings. The maximum Gasteiger partial charge on any atom is 0.247 e. The molecule has 1 aliphatic heterocycles. The molecule has 0 bridgehead atoms. The third kappa shape index (κ3) is 5.57. The minimum Gasteiger partial charge on any atom is -0.383 e. The number of hydrogen-bond acceptors (Lipinski definition) is 5. The summed E-state index contributed by atoms with van der Waals surface area (Å²) < 4.78 is 5.17. The lowest BCUT2D eigenvalue weighted by atomic mass is 10.1. The molecule has 0 spiro atoms. The van der Waals surface area contributed by atoms with Gasteiger partial charge in [-0.2, -0.15) is 0 Å². The number of likely N-dealkylation sites (tertiary alicyclic amines) is 1. The van der Waals surface area contributed by atoms with E-state index in [9.17, 15) is 14.4 Å². The van der Waals surface area contributed by atoms with E-state index in [1.54, 1.807) is 12.0 Å². The molecule has 2 aromatic rings. The molecule has 31 heavy (non-hydrogen) atoms.